The summed E-state index contributed by atoms with van der Waals surface area (Å²) in [5, 5.41) is 0. The van der Waals surface area contributed by atoms with E-state index in [0.717, 1.165) is 25.8 Å². The van der Waals surface area contributed by atoms with Gasteiger partial charge in [0.2, 0.25) is 5.91 Å². The lowest BCUT2D eigenvalue weighted by molar-refractivity contribution is -0.136. The lowest BCUT2D eigenvalue weighted by Gasteiger charge is -2.63. The summed E-state index contributed by atoms with van der Waals surface area (Å²) in [6.07, 6.45) is 6.33. The van der Waals surface area contributed by atoms with Gasteiger partial charge in [-0.05, 0) is 43.7 Å². The number of nitrogens with zero attached hydrogens (tertiary/aromatic N) is 2. The second-order valence-electron chi connectivity index (χ2n) is 7.73. The second-order valence-corrected chi connectivity index (χ2v) is 7.73. The van der Waals surface area contributed by atoms with E-state index in [1.54, 1.807) is 0 Å². The van der Waals surface area contributed by atoms with Gasteiger partial charge in [-0.15, -0.1) is 0 Å². The molecule has 4 aliphatic heterocycles. The normalized spacial score (nSPS) is 37.7. The Bertz CT molecular complexity index is 726. The van der Waals surface area contributed by atoms with Crippen molar-refractivity contribution in [2.45, 2.75) is 57.0 Å². The topological polar surface area (TPSA) is 23.6 Å². The standard InChI is InChI=1S/C20H24N2O/c1-3-19-10-6-12-21-14(2)13-16-15-7-4-5-8-17(15)22(20(16,19)21)18(23)9-11-19/h4-5,7-8,16H,2-3,6,9-13H2,1H3. The van der Waals surface area contributed by atoms with Crippen molar-refractivity contribution in [3.8, 4) is 0 Å². The van der Waals surface area contributed by atoms with Crippen LogP contribution in [0.2, 0.25) is 0 Å². The molecule has 23 heavy (non-hydrogen) atoms. The molecule has 3 heteroatoms. The van der Waals surface area contributed by atoms with Gasteiger partial charge in [0, 0.05) is 35.7 Å². The van der Waals surface area contributed by atoms with Gasteiger partial charge in [0.1, 0.15) is 5.66 Å². The molecule has 4 heterocycles. The Balaban J connectivity index is 1.85. The molecule has 1 aromatic rings. The average molecular weight is 308 g/mol. The number of carbonyl (C=O) groups is 1. The monoisotopic (exact) mass is 308 g/mol. The van der Waals surface area contributed by atoms with E-state index >= 15 is 0 Å². The largest absolute Gasteiger partial charge is 0.351 e. The first kappa shape index (κ1) is 13.6. The van der Waals surface area contributed by atoms with Crippen LogP contribution in [0.4, 0.5) is 5.69 Å². The molecule has 0 N–H and O–H groups in total. The minimum Gasteiger partial charge on any atom is -0.351 e. The SMILES string of the molecule is C=C1CC2c3ccccc3N3C(=O)CCC4(CC)CCCN1C234. The fourth-order valence-corrected chi connectivity index (χ4v) is 6.38. The maximum absolute atomic E-state index is 13.0. The summed E-state index contributed by atoms with van der Waals surface area (Å²) < 4.78 is 0. The highest BCUT2D eigenvalue weighted by Crippen LogP contribution is 2.69. The van der Waals surface area contributed by atoms with Gasteiger partial charge < -0.3 is 4.90 Å². The molecule has 0 bridgehead atoms. The number of allylic oxidation sites excluding steroid dienone is 1. The first-order valence-electron chi connectivity index (χ1n) is 9.03. The molecular weight excluding hydrogens is 284 g/mol. The van der Waals surface area contributed by atoms with Crippen molar-refractivity contribution >= 4 is 11.6 Å². The molecule has 120 valence electrons. The molecule has 3 fully saturated rings. The Hall–Kier alpha value is -1.77. The minimum absolute atomic E-state index is 0.171. The number of para-hydroxylation sites is 1. The number of amides is 1. The fraction of sp³-hybridized carbons (Fsp3) is 0.550. The number of hydrogen-bond acceptors (Lipinski definition) is 2. The molecule has 0 aromatic heterocycles. The van der Waals surface area contributed by atoms with Gasteiger partial charge in [-0.1, -0.05) is 31.7 Å². The molecule has 3 saturated heterocycles. The number of piperidine rings is 2. The number of fused-ring (bicyclic) bond motifs is 3. The zero-order valence-electron chi connectivity index (χ0n) is 13.8. The Morgan fingerprint density at radius 1 is 1.30 bits per heavy atom. The van der Waals surface area contributed by atoms with Gasteiger partial charge in [-0.3, -0.25) is 9.69 Å². The third kappa shape index (κ3) is 1.29. The summed E-state index contributed by atoms with van der Waals surface area (Å²) in [6.45, 7) is 7.77. The van der Waals surface area contributed by atoms with Gasteiger partial charge in [-0.25, -0.2) is 0 Å². The molecule has 3 unspecified atom stereocenters. The highest BCUT2D eigenvalue weighted by atomic mass is 16.2. The molecule has 3 nitrogen and oxygen atoms in total. The van der Waals surface area contributed by atoms with Crippen molar-refractivity contribution in [3.05, 3.63) is 42.1 Å². The summed E-state index contributed by atoms with van der Waals surface area (Å²) in [7, 11) is 0. The van der Waals surface area contributed by atoms with E-state index in [1.165, 1.54) is 29.8 Å². The minimum atomic E-state index is -0.171. The average Bonchev–Trinajstić information content (AvgIpc) is 3.02. The molecule has 4 aliphatic rings. The smallest absolute Gasteiger partial charge is 0.228 e. The van der Waals surface area contributed by atoms with Crippen LogP contribution in [0.1, 0.15) is 56.9 Å². The van der Waals surface area contributed by atoms with Crippen molar-refractivity contribution in [1.82, 2.24) is 4.90 Å². The first-order valence-corrected chi connectivity index (χ1v) is 9.03. The Kier molecular flexibility index (Phi) is 2.49. The van der Waals surface area contributed by atoms with Gasteiger partial charge in [0.15, 0.2) is 0 Å². The Labute approximate surface area is 138 Å². The number of carbonyl (C=O) groups excluding carboxylic acids is 1. The van der Waals surface area contributed by atoms with Crippen LogP contribution in [-0.4, -0.2) is 23.0 Å². The van der Waals surface area contributed by atoms with Crippen LogP contribution in [0, 0.1) is 5.41 Å². The number of benzene rings is 1. The number of rotatable bonds is 1. The van der Waals surface area contributed by atoms with Crippen LogP contribution in [-0.2, 0) is 4.79 Å². The van der Waals surface area contributed by atoms with Gasteiger partial charge in [-0.2, -0.15) is 0 Å². The summed E-state index contributed by atoms with van der Waals surface area (Å²) in [5.41, 5.74) is 3.81. The number of anilines is 1. The summed E-state index contributed by atoms with van der Waals surface area (Å²) in [4.78, 5) is 17.8. The predicted molar refractivity (Wildman–Crippen MR) is 91.1 cm³/mol. The molecular formula is C20H24N2O. The third-order valence-electron chi connectivity index (χ3n) is 7.17. The van der Waals surface area contributed by atoms with E-state index < -0.39 is 0 Å². The predicted octanol–water partition coefficient (Wildman–Crippen LogP) is 4.02. The first-order chi connectivity index (χ1) is 11.2. The van der Waals surface area contributed by atoms with Crippen LogP contribution in [0.5, 0.6) is 0 Å². The molecule has 3 atom stereocenters. The zero-order valence-corrected chi connectivity index (χ0v) is 13.8. The molecule has 0 radical (unpaired) electrons. The maximum Gasteiger partial charge on any atom is 0.228 e. The van der Waals surface area contributed by atoms with E-state index in [2.05, 4.69) is 47.6 Å². The molecule has 0 aliphatic carbocycles. The van der Waals surface area contributed by atoms with E-state index in [9.17, 15) is 4.79 Å². The fourth-order valence-electron chi connectivity index (χ4n) is 6.38. The van der Waals surface area contributed by atoms with Gasteiger partial charge in [0.25, 0.3) is 0 Å². The quantitative estimate of drug-likeness (QED) is 0.782. The maximum atomic E-state index is 13.0. The lowest BCUT2D eigenvalue weighted by Crippen LogP contribution is -2.72. The molecule has 1 spiro atoms. The van der Waals surface area contributed by atoms with Crippen LogP contribution < -0.4 is 4.90 Å². The van der Waals surface area contributed by atoms with Crippen molar-refractivity contribution < 1.29 is 4.79 Å². The van der Waals surface area contributed by atoms with Gasteiger partial charge in [0.05, 0.1) is 0 Å². The highest BCUT2D eigenvalue weighted by Gasteiger charge is 2.72. The summed E-state index contributed by atoms with van der Waals surface area (Å²) in [6, 6.07) is 8.60. The van der Waals surface area contributed by atoms with E-state index in [0.29, 0.717) is 18.2 Å². The van der Waals surface area contributed by atoms with Crippen LogP contribution in [0.15, 0.2) is 36.5 Å². The van der Waals surface area contributed by atoms with Crippen LogP contribution in [0.3, 0.4) is 0 Å². The summed E-state index contributed by atoms with van der Waals surface area (Å²) in [5.74, 6) is 0.710. The molecule has 0 saturated carbocycles. The number of hydrogen-bond donors (Lipinski definition) is 0. The van der Waals surface area contributed by atoms with Gasteiger partial charge >= 0.3 is 0 Å². The zero-order chi connectivity index (χ0) is 15.8. The van der Waals surface area contributed by atoms with Crippen molar-refractivity contribution in [2.24, 2.45) is 5.41 Å². The molecule has 5 rings (SSSR count). The highest BCUT2D eigenvalue weighted by molar-refractivity contribution is 5.99. The summed E-state index contributed by atoms with van der Waals surface area (Å²) >= 11 is 0. The molecule has 1 amide bonds. The van der Waals surface area contributed by atoms with E-state index in [1.807, 2.05) is 0 Å². The van der Waals surface area contributed by atoms with E-state index in [4.69, 9.17) is 0 Å². The Morgan fingerprint density at radius 3 is 2.96 bits per heavy atom. The lowest BCUT2D eigenvalue weighted by atomic mass is 9.59. The van der Waals surface area contributed by atoms with Crippen molar-refractivity contribution in [2.75, 3.05) is 11.4 Å². The van der Waals surface area contributed by atoms with E-state index in [-0.39, 0.29) is 11.1 Å². The third-order valence-corrected chi connectivity index (χ3v) is 7.17. The Morgan fingerprint density at radius 2 is 2.13 bits per heavy atom. The second kappa shape index (κ2) is 4.19. The van der Waals surface area contributed by atoms with Crippen molar-refractivity contribution in [1.29, 1.82) is 0 Å². The molecule has 1 aromatic carbocycles. The van der Waals surface area contributed by atoms with Crippen LogP contribution in [0.25, 0.3) is 0 Å². The van der Waals surface area contributed by atoms with Crippen molar-refractivity contribution in [3.63, 3.8) is 0 Å². The van der Waals surface area contributed by atoms with Crippen LogP contribution >= 0.6 is 0 Å².